The molecule has 4 rings (SSSR count). The van der Waals surface area contributed by atoms with Gasteiger partial charge in [0.15, 0.2) is 0 Å². The molecule has 0 spiro atoms. The second-order valence-electron chi connectivity index (χ2n) is 7.69. The number of carbonyl (C=O) groups is 2. The number of aryl methyl sites for hydroxylation is 1. The lowest BCUT2D eigenvalue weighted by Gasteiger charge is -2.09. The maximum absolute atomic E-state index is 12.9. The van der Waals surface area contributed by atoms with Gasteiger partial charge in [-0.1, -0.05) is 18.2 Å². The van der Waals surface area contributed by atoms with Gasteiger partial charge in [-0.3, -0.25) is 9.59 Å². The Bertz CT molecular complexity index is 1350. The molecule has 1 aliphatic carbocycles. The van der Waals surface area contributed by atoms with Gasteiger partial charge in [0.2, 0.25) is 0 Å². The predicted octanol–water partition coefficient (Wildman–Crippen LogP) is 4.56. The molecule has 1 amide bonds. The molecule has 0 saturated heterocycles. The Kier molecular flexibility index (Phi) is 6.58. The van der Waals surface area contributed by atoms with Gasteiger partial charge in [-0.15, -0.1) is 11.3 Å². The average Bonchev–Trinajstić information content (AvgIpc) is 3.34. The number of nitrogens with zero attached hydrogens (tertiary/aromatic N) is 3. The van der Waals surface area contributed by atoms with Gasteiger partial charge in [0, 0.05) is 27.5 Å². The van der Waals surface area contributed by atoms with E-state index in [4.69, 9.17) is 4.74 Å². The van der Waals surface area contributed by atoms with E-state index in [9.17, 15) is 20.1 Å². The van der Waals surface area contributed by atoms with Crippen LogP contribution in [0.5, 0.6) is 0 Å². The highest BCUT2D eigenvalue weighted by atomic mass is 32.1. The van der Waals surface area contributed by atoms with E-state index in [-0.39, 0.29) is 18.1 Å². The molecule has 7 nitrogen and oxygen atoms in total. The second-order valence-corrected chi connectivity index (χ2v) is 8.79. The highest BCUT2D eigenvalue weighted by Gasteiger charge is 2.23. The van der Waals surface area contributed by atoms with Crippen LogP contribution >= 0.6 is 11.3 Å². The molecule has 1 N–H and O–H groups in total. The smallest absolute Gasteiger partial charge is 0.325 e. The fourth-order valence-electron chi connectivity index (χ4n) is 4.11. The molecular weight excluding hydrogens is 436 g/mol. The Hall–Kier alpha value is -3.88. The highest BCUT2D eigenvalue weighted by Crippen LogP contribution is 2.37. The largest absolute Gasteiger partial charge is 0.465 e. The molecule has 0 aliphatic heterocycles. The molecule has 0 unspecified atom stereocenters. The summed E-state index contributed by atoms with van der Waals surface area (Å²) < 4.78 is 6.79. The monoisotopic (exact) mass is 458 g/mol. The van der Waals surface area contributed by atoms with Gasteiger partial charge < -0.3 is 14.6 Å². The first-order valence-corrected chi connectivity index (χ1v) is 11.6. The van der Waals surface area contributed by atoms with Crippen molar-refractivity contribution in [3.05, 3.63) is 57.6 Å². The summed E-state index contributed by atoms with van der Waals surface area (Å²) in [5.74, 6) is -0.924. The van der Waals surface area contributed by atoms with Gasteiger partial charge in [-0.2, -0.15) is 10.5 Å². The molecule has 8 heteroatoms. The third-order valence-corrected chi connectivity index (χ3v) is 6.81. The minimum absolute atomic E-state index is 0.0303. The van der Waals surface area contributed by atoms with Crippen LogP contribution in [0.15, 0.2) is 36.0 Å². The quantitative estimate of drug-likeness (QED) is 0.331. The van der Waals surface area contributed by atoms with Crippen molar-refractivity contribution in [2.24, 2.45) is 0 Å². The Balaban J connectivity index is 1.65. The zero-order valence-electron chi connectivity index (χ0n) is 18.2. The van der Waals surface area contributed by atoms with Crippen LogP contribution < -0.4 is 5.32 Å². The van der Waals surface area contributed by atoms with E-state index in [0.717, 1.165) is 47.0 Å². The van der Waals surface area contributed by atoms with Gasteiger partial charge in [0.1, 0.15) is 29.3 Å². The number of rotatable bonds is 6. The van der Waals surface area contributed by atoms with Crippen molar-refractivity contribution in [2.75, 3.05) is 11.9 Å². The molecule has 2 aromatic heterocycles. The first-order chi connectivity index (χ1) is 16.0. The molecule has 2 heterocycles. The Morgan fingerprint density at radius 1 is 1.24 bits per heavy atom. The zero-order chi connectivity index (χ0) is 23.4. The molecule has 0 atom stereocenters. The Morgan fingerprint density at radius 2 is 2.03 bits per heavy atom. The van der Waals surface area contributed by atoms with Crippen molar-refractivity contribution >= 4 is 45.2 Å². The van der Waals surface area contributed by atoms with Gasteiger partial charge in [-0.25, -0.2) is 0 Å². The molecule has 1 aromatic carbocycles. The van der Waals surface area contributed by atoms with E-state index >= 15 is 0 Å². The van der Waals surface area contributed by atoms with Gasteiger partial charge in [0.05, 0.1) is 12.2 Å². The van der Waals surface area contributed by atoms with Crippen molar-refractivity contribution in [1.29, 1.82) is 10.5 Å². The zero-order valence-corrected chi connectivity index (χ0v) is 19.0. The van der Waals surface area contributed by atoms with Crippen LogP contribution in [-0.4, -0.2) is 23.1 Å². The first-order valence-electron chi connectivity index (χ1n) is 10.8. The Morgan fingerprint density at radius 3 is 2.79 bits per heavy atom. The summed E-state index contributed by atoms with van der Waals surface area (Å²) in [6.45, 7) is 2.07. The highest BCUT2D eigenvalue weighted by molar-refractivity contribution is 7.16. The summed E-state index contributed by atoms with van der Waals surface area (Å²) in [4.78, 5) is 26.1. The number of esters is 1. The fourth-order valence-corrected chi connectivity index (χ4v) is 5.35. The lowest BCUT2D eigenvalue weighted by Crippen LogP contribution is -2.13. The van der Waals surface area contributed by atoms with Crippen LogP contribution in [0.3, 0.4) is 0 Å². The third kappa shape index (κ3) is 4.52. The van der Waals surface area contributed by atoms with E-state index in [1.165, 1.54) is 17.4 Å². The molecule has 166 valence electrons. The topological polar surface area (TPSA) is 108 Å². The van der Waals surface area contributed by atoms with E-state index in [1.54, 1.807) is 17.7 Å². The van der Waals surface area contributed by atoms with Crippen LogP contribution in [0.2, 0.25) is 0 Å². The van der Waals surface area contributed by atoms with Crippen molar-refractivity contribution in [3.8, 4) is 12.1 Å². The number of carbonyl (C=O) groups excluding carboxylic acids is 2. The molecule has 0 saturated carbocycles. The number of aromatic nitrogens is 1. The van der Waals surface area contributed by atoms with Crippen LogP contribution in [0.25, 0.3) is 17.0 Å². The minimum atomic E-state index is -0.560. The average molecular weight is 459 g/mol. The van der Waals surface area contributed by atoms with Crippen molar-refractivity contribution < 1.29 is 14.3 Å². The number of amides is 1. The van der Waals surface area contributed by atoms with Gasteiger partial charge >= 0.3 is 5.97 Å². The maximum Gasteiger partial charge on any atom is 0.325 e. The minimum Gasteiger partial charge on any atom is -0.465 e. The lowest BCUT2D eigenvalue weighted by molar-refractivity contribution is -0.143. The second kappa shape index (κ2) is 9.72. The molecule has 3 aromatic rings. The number of anilines is 1. The third-order valence-electron chi connectivity index (χ3n) is 5.60. The standard InChI is InChI=1S/C25H22N4O3S/c1-2-32-23(30)15-29-14-17(18-7-3-5-9-21(18)29)11-16(12-26)24(31)28-25-20(13-27)19-8-4-6-10-22(19)33-25/h3,5,7,9,11,14H,2,4,6,8,10,15H2,1H3,(H,28,31). The molecule has 0 fully saturated rings. The predicted molar refractivity (Wildman–Crippen MR) is 126 cm³/mol. The van der Waals surface area contributed by atoms with Crippen LogP contribution in [0.4, 0.5) is 5.00 Å². The lowest BCUT2D eigenvalue weighted by atomic mass is 9.96. The van der Waals surface area contributed by atoms with E-state index in [2.05, 4.69) is 11.4 Å². The van der Waals surface area contributed by atoms with Crippen molar-refractivity contribution in [3.63, 3.8) is 0 Å². The number of benzene rings is 1. The SMILES string of the molecule is CCOC(=O)Cn1cc(C=C(C#N)C(=O)Nc2sc3c(c2C#N)CCCC3)c2ccccc21. The summed E-state index contributed by atoms with van der Waals surface area (Å²) >= 11 is 1.42. The van der Waals surface area contributed by atoms with Gasteiger partial charge in [-0.05, 0) is 50.3 Å². The summed E-state index contributed by atoms with van der Waals surface area (Å²) in [5, 5.41) is 23.4. The molecule has 0 bridgehead atoms. The Labute approximate surface area is 195 Å². The number of para-hydroxylation sites is 1. The molecule has 33 heavy (non-hydrogen) atoms. The summed E-state index contributed by atoms with van der Waals surface area (Å²) in [7, 11) is 0. The fraction of sp³-hybridized carbons (Fsp3) is 0.280. The number of hydrogen-bond donors (Lipinski definition) is 1. The summed E-state index contributed by atoms with van der Waals surface area (Å²) in [5.41, 5.74) is 2.89. The number of nitrogens with one attached hydrogen (secondary N) is 1. The van der Waals surface area contributed by atoms with Crippen LogP contribution in [-0.2, 0) is 33.7 Å². The number of nitriles is 2. The van der Waals surface area contributed by atoms with E-state index < -0.39 is 5.91 Å². The normalized spacial score (nSPS) is 13.1. The molecular formula is C25H22N4O3S. The summed E-state index contributed by atoms with van der Waals surface area (Å²) in [6.07, 6.45) is 7.10. The summed E-state index contributed by atoms with van der Waals surface area (Å²) in [6, 6.07) is 11.6. The first kappa shape index (κ1) is 22.3. The van der Waals surface area contributed by atoms with Crippen LogP contribution in [0.1, 0.15) is 41.3 Å². The number of hydrogen-bond acceptors (Lipinski definition) is 6. The van der Waals surface area contributed by atoms with Crippen molar-refractivity contribution in [2.45, 2.75) is 39.2 Å². The number of ether oxygens (including phenoxy) is 1. The number of thiophene rings is 1. The molecule has 0 radical (unpaired) electrons. The van der Waals surface area contributed by atoms with E-state index in [0.29, 0.717) is 22.7 Å². The van der Waals surface area contributed by atoms with Crippen molar-refractivity contribution in [1.82, 2.24) is 4.57 Å². The molecule has 1 aliphatic rings. The number of fused-ring (bicyclic) bond motifs is 2. The van der Waals surface area contributed by atoms with Crippen LogP contribution in [0, 0.1) is 22.7 Å². The van der Waals surface area contributed by atoms with E-state index in [1.807, 2.05) is 30.3 Å². The van der Waals surface area contributed by atoms with Gasteiger partial charge in [0.25, 0.3) is 5.91 Å². The maximum atomic E-state index is 12.9.